The molecule has 0 aliphatic carbocycles. The van der Waals surface area contributed by atoms with Crippen LogP contribution in [0.4, 0.5) is 9.52 Å². The number of amides is 1. The summed E-state index contributed by atoms with van der Waals surface area (Å²) < 4.78 is 19.6. The number of rotatable bonds is 5. The number of anilines is 1. The quantitative estimate of drug-likeness (QED) is 0.521. The van der Waals surface area contributed by atoms with Crippen LogP contribution in [-0.2, 0) is 0 Å². The molecule has 0 saturated heterocycles. The third-order valence-corrected chi connectivity index (χ3v) is 4.85. The van der Waals surface area contributed by atoms with Crippen LogP contribution in [0.25, 0.3) is 22.6 Å². The third-order valence-electron chi connectivity index (χ3n) is 4.09. The molecule has 0 bridgehead atoms. The zero-order valence-electron chi connectivity index (χ0n) is 15.3. The van der Waals surface area contributed by atoms with Gasteiger partial charge in [-0.15, -0.1) is 11.3 Å². The molecule has 29 heavy (non-hydrogen) atoms. The maximum absolute atomic E-state index is 14.5. The average Bonchev–Trinajstić information content (AvgIpc) is 3.22. The number of hydrogen-bond acceptors (Lipinski definition) is 6. The van der Waals surface area contributed by atoms with Crippen molar-refractivity contribution < 1.29 is 13.9 Å². The summed E-state index contributed by atoms with van der Waals surface area (Å²) in [5.74, 6) is -0.803. The van der Waals surface area contributed by atoms with Crippen molar-refractivity contribution in [1.29, 1.82) is 0 Å². The Balaban J connectivity index is 1.62. The van der Waals surface area contributed by atoms with Crippen LogP contribution in [0.3, 0.4) is 0 Å². The molecular formula is C21H15FN4O2S. The number of methoxy groups -OCH3 is 1. The predicted molar refractivity (Wildman–Crippen MR) is 109 cm³/mol. The van der Waals surface area contributed by atoms with Gasteiger partial charge >= 0.3 is 0 Å². The summed E-state index contributed by atoms with van der Waals surface area (Å²) in [6.07, 6.45) is 1.34. The summed E-state index contributed by atoms with van der Waals surface area (Å²) in [5.41, 5.74) is 1.99. The Hall–Kier alpha value is -3.65. The van der Waals surface area contributed by atoms with Crippen molar-refractivity contribution in [1.82, 2.24) is 15.0 Å². The normalized spacial score (nSPS) is 10.6. The predicted octanol–water partition coefficient (Wildman–Crippen LogP) is 4.67. The summed E-state index contributed by atoms with van der Waals surface area (Å²) >= 11 is 1.22. The van der Waals surface area contributed by atoms with Crippen molar-refractivity contribution >= 4 is 22.4 Å². The second kappa shape index (κ2) is 8.15. The van der Waals surface area contributed by atoms with Gasteiger partial charge in [0.25, 0.3) is 5.91 Å². The summed E-state index contributed by atoms with van der Waals surface area (Å²) in [5, 5.41) is 4.75. The van der Waals surface area contributed by atoms with Crippen molar-refractivity contribution in [3.63, 3.8) is 0 Å². The largest absolute Gasteiger partial charge is 0.481 e. The minimum atomic E-state index is -0.650. The minimum absolute atomic E-state index is 0.130. The van der Waals surface area contributed by atoms with E-state index in [-0.39, 0.29) is 11.3 Å². The molecule has 144 valence electrons. The zero-order valence-corrected chi connectivity index (χ0v) is 16.1. The second-order valence-corrected chi connectivity index (χ2v) is 6.80. The van der Waals surface area contributed by atoms with Gasteiger partial charge in [-0.1, -0.05) is 36.4 Å². The molecule has 0 spiro atoms. The lowest BCUT2D eigenvalue weighted by Crippen LogP contribution is -2.16. The van der Waals surface area contributed by atoms with Crippen molar-refractivity contribution in [2.24, 2.45) is 0 Å². The third kappa shape index (κ3) is 3.97. The maximum atomic E-state index is 14.5. The van der Waals surface area contributed by atoms with Gasteiger partial charge in [0, 0.05) is 23.2 Å². The summed E-state index contributed by atoms with van der Waals surface area (Å²) in [4.78, 5) is 25.7. The van der Waals surface area contributed by atoms with Gasteiger partial charge in [-0.05, 0) is 12.1 Å². The minimum Gasteiger partial charge on any atom is -0.481 e. The fourth-order valence-corrected chi connectivity index (χ4v) is 3.45. The first kappa shape index (κ1) is 18.7. The standard InChI is InChI=1S/C21H15FN4O2S/c1-28-17-9-5-8-15(24-17)16-12-29-21(25-16)26-20(27)18-14(22)10-11-23-19(18)13-6-3-2-4-7-13/h2-12H,1H3,(H,25,26,27). The molecule has 0 unspecified atom stereocenters. The van der Waals surface area contributed by atoms with Crippen molar-refractivity contribution in [3.8, 4) is 28.5 Å². The van der Waals surface area contributed by atoms with Gasteiger partial charge < -0.3 is 4.74 Å². The van der Waals surface area contributed by atoms with Gasteiger partial charge in [0.05, 0.1) is 18.5 Å². The lowest BCUT2D eigenvalue weighted by atomic mass is 10.0. The number of ether oxygens (including phenoxy) is 1. The molecule has 4 rings (SSSR count). The Morgan fingerprint density at radius 1 is 1.03 bits per heavy atom. The fourth-order valence-electron chi connectivity index (χ4n) is 2.75. The average molecular weight is 406 g/mol. The molecule has 0 fully saturated rings. The topological polar surface area (TPSA) is 77.0 Å². The maximum Gasteiger partial charge on any atom is 0.262 e. The number of hydrogen-bond donors (Lipinski definition) is 1. The Bertz CT molecular complexity index is 1160. The molecule has 8 heteroatoms. The Morgan fingerprint density at radius 2 is 1.86 bits per heavy atom. The van der Waals surface area contributed by atoms with Crippen LogP contribution in [0, 0.1) is 5.82 Å². The first-order valence-corrected chi connectivity index (χ1v) is 9.52. The highest BCUT2D eigenvalue weighted by atomic mass is 32.1. The van der Waals surface area contributed by atoms with Gasteiger partial charge in [0.1, 0.15) is 17.1 Å². The molecule has 0 aliphatic rings. The molecule has 1 aromatic carbocycles. The summed E-state index contributed by atoms with van der Waals surface area (Å²) in [6.45, 7) is 0. The number of aromatic nitrogens is 3. The Morgan fingerprint density at radius 3 is 2.66 bits per heavy atom. The number of pyridine rings is 2. The number of benzene rings is 1. The van der Waals surface area contributed by atoms with Crippen LogP contribution >= 0.6 is 11.3 Å². The van der Waals surface area contributed by atoms with E-state index in [1.165, 1.54) is 24.6 Å². The first-order chi connectivity index (χ1) is 14.2. The molecule has 3 aromatic heterocycles. The molecule has 1 N–H and O–H groups in total. The van der Waals surface area contributed by atoms with E-state index in [9.17, 15) is 9.18 Å². The van der Waals surface area contributed by atoms with E-state index in [1.54, 1.807) is 47.8 Å². The van der Waals surface area contributed by atoms with Crippen LogP contribution in [-0.4, -0.2) is 28.0 Å². The number of carbonyl (C=O) groups is 1. The van der Waals surface area contributed by atoms with Gasteiger partial charge in [-0.25, -0.2) is 14.4 Å². The van der Waals surface area contributed by atoms with Crippen molar-refractivity contribution in [2.75, 3.05) is 12.4 Å². The number of halogens is 1. The van der Waals surface area contributed by atoms with Gasteiger partial charge in [-0.3, -0.25) is 15.1 Å². The lowest BCUT2D eigenvalue weighted by Gasteiger charge is -2.09. The van der Waals surface area contributed by atoms with Gasteiger partial charge in [0.2, 0.25) is 5.88 Å². The monoisotopic (exact) mass is 406 g/mol. The van der Waals surface area contributed by atoms with Crippen molar-refractivity contribution in [3.05, 3.63) is 77.6 Å². The van der Waals surface area contributed by atoms with E-state index >= 15 is 0 Å². The van der Waals surface area contributed by atoms with Crippen LogP contribution in [0.1, 0.15) is 10.4 Å². The highest BCUT2D eigenvalue weighted by Gasteiger charge is 2.20. The fraction of sp³-hybridized carbons (Fsp3) is 0.0476. The SMILES string of the molecule is COc1cccc(-c2csc(NC(=O)c3c(F)ccnc3-c3ccccc3)n2)n1. The van der Waals surface area contributed by atoms with E-state index in [0.717, 1.165) is 6.07 Å². The van der Waals surface area contributed by atoms with E-state index in [1.807, 2.05) is 6.07 Å². The highest BCUT2D eigenvalue weighted by molar-refractivity contribution is 7.14. The van der Waals surface area contributed by atoms with Gasteiger partial charge in [0.15, 0.2) is 5.13 Å². The number of thiazole rings is 1. The molecule has 0 atom stereocenters. The van der Waals surface area contributed by atoms with E-state index in [2.05, 4.69) is 20.3 Å². The van der Waals surface area contributed by atoms with Crippen LogP contribution < -0.4 is 10.1 Å². The molecule has 0 saturated carbocycles. The summed E-state index contributed by atoms with van der Waals surface area (Å²) in [7, 11) is 1.53. The molecule has 0 aliphatic heterocycles. The number of nitrogens with one attached hydrogen (secondary N) is 1. The van der Waals surface area contributed by atoms with Crippen LogP contribution in [0.2, 0.25) is 0 Å². The van der Waals surface area contributed by atoms with Crippen LogP contribution in [0.15, 0.2) is 66.2 Å². The Kier molecular flexibility index (Phi) is 5.26. The van der Waals surface area contributed by atoms with E-state index < -0.39 is 11.7 Å². The smallest absolute Gasteiger partial charge is 0.262 e. The number of nitrogens with zero attached hydrogens (tertiary/aromatic N) is 3. The van der Waals surface area contributed by atoms with Crippen LogP contribution in [0.5, 0.6) is 5.88 Å². The first-order valence-electron chi connectivity index (χ1n) is 8.64. The number of carbonyl (C=O) groups excluding carboxylic acids is 1. The Labute approximate surface area is 170 Å². The zero-order chi connectivity index (χ0) is 20.2. The molecular weight excluding hydrogens is 391 g/mol. The molecule has 6 nitrogen and oxygen atoms in total. The van der Waals surface area contributed by atoms with Crippen molar-refractivity contribution in [2.45, 2.75) is 0 Å². The second-order valence-electron chi connectivity index (χ2n) is 5.94. The van der Waals surface area contributed by atoms with Gasteiger partial charge in [-0.2, -0.15) is 0 Å². The molecule has 3 heterocycles. The highest BCUT2D eigenvalue weighted by Crippen LogP contribution is 2.27. The molecule has 4 aromatic rings. The summed E-state index contributed by atoms with van der Waals surface area (Å²) in [6, 6.07) is 15.5. The van der Waals surface area contributed by atoms with E-state index in [0.29, 0.717) is 28.0 Å². The molecule has 1 amide bonds. The molecule has 0 radical (unpaired) electrons. The van der Waals surface area contributed by atoms with E-state index in [4.69, 9.17) is 4.74 Å². The lowest BCUT2D eigenvalue weighted by molar-refractivity contribution is 0.102.